The second kappa shape index (κ2) is 3.30. The topological polar surface area (TPSA) is 38.9 Å². The van der Waals surface area contributed by atoms with Gasteiger partial charge in [-0.05, 0) is 22.0 Å². The van der Waals surface area contributed by atoms with Gasteiger partial charge in [0, 0.05) is 0 Å². The quantitative estimate of drug-likeness (QED) is 0.767. The predicted octanol–water partition coefficient (Wildman–Crippen LogP) is 2.50. The van der Waals surface area contributed by atoms with Crippen LogP contribution in [0.5, 0.6) is 0 Å². The van der Waals surface area contributed by atoms with Gasteiger partial charge in [-0.3, -0.25) is 0 Å². The smallest absolute Gasteiger partial charge is 0.268 e. The van der Waals surface area contributed by atoms with E-state index in [1.54, 1.807) is 0 Å². The van der Waals surface area contributed by atoms with Crippen molar-refractivity contribution in [2.75, 3.05) is 5.73 Å². The van der Waals surface area contributed by atoms with Gasteiger partial charge in [-0.25, -0.2) is 13.8 Å². The van der Waals surface area contributed by atoms with Crippen LogP contribution in [-0.4, -0.2) is 4.98 Å². The van der Waals surface area contributed by atoms with Gasteiger partial charge in [0.1, 0.15) is 4.60 Å². The molecule has 0 bridgehead atoms. The predicted molar refractivity (Wildman–Crippen MR) is 41.3 cm³/mol. The van der Waals surface area contributed by atoms with E-state index in [1.807, 2.05) is 0 Å². The van der Waals surface area contributed by atoms with Gasteiger partial charge in [0.25, 0.3) is 6.43 Å². The molecule has 0 saturated carbocycles. The number of pyridine rings is 1. The van der Waals surface area contributed by atoms with Crippen molar-refractivity contribution < 1.29 is 13.2 Å². The van der Waals surface area contributed by atoms with Crippen LogP contribution >= 0.6 is 15.9 Å². The third-order valence-corrected chi connectivity index (χ3v) is 1.85. The Balaban J connectivity index is 3.23. The number of rotatable bonds is 1. The van der Waals surface area contributed by atoms with E-state index >= 15 is 0 Å². The Bertz CT molecular complexity index is 303. The zero-order valence-corrected chi connectivity index (χ0v) is 7.28. The molecule has 2 nitrogen and oxygen atoms in total. The summed E-state index contributed by atoms with van der Waals surface area (Å²) in [7, 11) is 0. The van der Waals surface area contributed by atoms with Gasteiger partial charge in [0.05, 0.1) is 11.3 Å². The summed E-state index contributed by atoms with van der Waals surface area (Å²) in [5.41, 5.74) is 4.43. The number of nitrogens with zero attached hydrogens (tertiary/aromatic N) is 1. The summed E-state index contributed by atoms with van der Waals surface area (Å²) in [4.78, 5) is 3.14. The zero-order chi connectivity index (χ0) is 9.30. The van der Waals surface area contributed by atoms with Crippen LogP contribution in [0.2, 0.25) is 0 Å². The number of hydrogen-bond donors (Lipinski definition) is 1. The average molecular weight is 241 g/mol. The van der Waals surface area contributed by atoms with Crippen LogP contribution in [0.1, 0.15) is 12.0 Å². The molecule has 0 amide bonds. The van der Waals surface area contributed by atoms with Crippen molar-refractivity contribution >= 4 is 21.6 Å². The standard InChI is InChI=1S/C6H4BrF3N2/c7-4-3(11)1-2(5(8)9)6(10)12-4/h1,5H,11H2. The Labute approximate surface area is 74.7 Å². The maximum absolute atomic E-state index is 12.6. The summed E-state index contributed by atoms with van der Waals surface area (Å²) in [6, 6.07) is 0.858. The second-order valence-electron chi connectivity index (χ2n) is 2.05. The van der Waals surface area contributed by atoms with Crippen LogP contribution in [0.15, 0.2) is 10.7 Å². The summed E-state index contributed by atoms with van der Waals surface area (Å²) < 4.78 is 36.6. The lowest BCUT2D eigenvalue weighted by Gasteiger charge is -2.03. The van der Waals surface area contributed by atoms with E-state index in [9.17, 15) is 13.2 Å². The van der Waals surface area contributed by atoms with Crippen LogP contribution in [0, 0.1) is 5.95 Å². The molecule has 0 aliphatic heterocycles. The van der Waals surface area contributed by atoms with Gasteiger partial charge >= 0.3 is 0 Å². The van der Waals surface area contributed by atoms with E-state index in [-0.39, 0.29) is 10.3 Å². The van der Waals surface area contributed by atoms with Crippen molar-refractivity contribution in [3.63, 3.8) is 0 Å². The van der Waals surface area contributed by atoms with Crippen molar-refractivity contribution in [3.8, 4) is 0 Å². The molecule has 0 spiro atoms. The molecule has 0 aliphatic rings. The molecule has 1 heterocycles. The Kier molecular flexibility index (Phi) is 2.56. The Morgan fingerprint density at radius 2 is 2.08 bits per heavy atom. The lowest BCUT2D eigenvalue weighted by atomic mass is 10.3. The normalized spacial score (nSPS) is 10.8. The molecule has 1 aromatic rings. The minimum absolute atomic E-state index is 0.00769. The van der Waals surface area contributed by atoms with Crippen molar-refractivity contribution in [3.05, 3.63) is 22.2 Å². The van der Waals surface area contributed by atoms with E-state index in [2.05, 4.69) is 20.9 Å². The van der Waals surface area contributed by atoms with Gasteiger partial charge < -0.3 is 5.73 Å². The van der Waals surface area contributed by atoms with E-state index in [0.29, 0.717) is 0 Å². The average Bonchev–Trinajstić information content (AvgIpc) is 1.96. The first-order valence-corrected chi connectivity index (χ1v) is 3.71. The molecule has 2 N–H and O–H groups in total. The van der Waals surface area contributed by atoms with Crippen LogP contribution in [-0.2, 0) is 0 Å². The largest absolute Gasteiger partial charge is 0.397 e. The van der Waals surface area contributed by atoms with Crippen molar-refractivity contribution in [1.82, 2.24) is 4.98 Å². The Morgan fingerprint density at radius 3 is 2.58 bits per heavy atom. The number of halogens is 4. The molecule has 1 aromatic heterocycles. The highest BCUT2D eigenvalue weighted by Crippen LogP contribution is 2.26. The zero-order valence-electron chi connectivity index (χ0n) is 5.69. The number of nitrogen functional groups attached to an aromatic ring is 1. The third-order valence-electron chi connectivity index (χ3n) is 1.22. The molecule has 1 rings (SSSR count). The van der Waals surface area contributed by atoms with Crippen LogP contribution in [0.3, 0.4) is 0 Å². The molecular formula is C6H4BrF3N2. The fraction of sp³-hybridized carbons (Fsp3) is 0.167. The van der Waals surface area contributed by atoms with E-state index < -0.39 is 17.9 Å². The lowest BCUT2D eigenvalue weighted by Crippen LogP contribution is -1.99. The molecule has 12 heavy (non-hydrogen) atoms. The number of anilines is 1. The van der Waals surface area contributed by atoms with Gasteiger partial charge in [-0.2, -0.15) is 4.39 Å². The van der Waals surface area contributed by atoms with E-state index in [0.717, 1.165) is 6.07 Å². The van der Waals surface area contributed by atoms with E-state index in [4.69, 9.17) is 5.73 Å². The molecular weight excluding hydrogens is 237 g/mol. The molecule has 0 saturated heterocycles. The minimum atomic E-state index is -2.90. The maximum atomic E-state index is 12.6. The van der Waals surface area contributed by atoms with Crippen molar-refractivity contribution in [2.24, 2.45) is 0 Å². The molecule has 0 atom stereocenters. The van der Waals surface area contributed by atoms with Crippen molar-refractivity contribution in [2.45, 2.75) is 6.43 Å². The lowest BCUT2D eigenvalue weighted by molar-refractivity contribution is 0.145. The summed E-state index contributed by atoms with van der Waals surface area (Å²) >= 11 is 2.81. The van der Waals surface area contributed by atoms with Crippen molar-refractivity contribution in [1.29, 1.82) is 0 Å². The molecule has 0 aromatic carbocycles. The SMILES string of the molecule is Nc1cc(C(F)F)c(F)nc1Br. The maximum Gasteiger partial charge on any atom is 0.268 e. The number of aromatic nitrogens is 1. The van der Waals surface area contributed by atoms with Crippen LogP contribution in [0.25, 0.3) is 0 Å². The monoisotopic (exact) mass is 240 g/mol. The number of nitrogens with two attached hydrogens (primary N) is 1. The number of alkyl halides is 2. The fourth-order valence-corrected chi connectivity index (χ4v) is 0.925. The molecule has 6 heteroatoms. The number of hydrogen-bond acceptors (Lipinski definition) is 2. The van der Waals surface area contributed by atoms with Gasteiger partial charge in [-0.15, -0.1) is 0 Å². The molecule has 0 fully saturated rings. The highest BCUT2D eigenvalue weighted by atomic mass is 79.9. The highest BCUT2D eigenvalue weighted by Gasteiger charge is 2.16. The first-order chi connectivity index (χ1) is 5.52. The summed E-state index contributed by atoms with van der Waals surface area (Å²) in [5, 5.41) is 0. The van der Waals surface area contributed by atoms with Crippen LogP contribution < -0.4 is 5.73 Å². The first-order valence-electron chi connectivity index (χ1n) is 2.92. The Morgan fingerprint density at radius 1 is 1.50 bits per heavy atom. The fourth-order valence-electron chi connectivity index (χ4n) is 0.655. The van der Waals surface area contributed by atoms with E-state index in [1.165, 1.54) is 0 Å². The Hall–Kier alpha value is -0.780. The highest BCUT2D eigenvalue weighted by molar-refractivity contribution is 9.10. The minimum Gasteiger partial charge on any atom is -0.397 e. The molecule has 0 radical (unpaired) electrons. The van der Waals surface area contributed by atoms with Gasteiger partial charge in [-0.1, -0.05) is 0 Å². The third kappa shape index (κ3) is 1.69. The van der Waals surface area contributed by atoms with Gasteiger partial charge in [0.2, 0.25) is 5.95 Å². The molecule has 66 valence electrons. The summed E-state index contributed by atoms with van der Waals surface area (Å²) in [6.45, 7) is 0. The van der Waals surface area contributed by atoms with Crippen LogP contribution in [0.4, 0.5) is 18.9 Å². The first kappa shape index (κ1) is 9.31. The molecule has 0 unspecified atom stereocenters. The van der Waals surface area contributed by atoms with Gasteiger partial charge in [0.15, 0.2) is 0 Å². The summed E-state index contributed by atoms with van der Waals surface area (Å²) in [5.74, 6) is -1.20. The summed E-state index contributed by atoms with van der Waals surface area (Å²) in [6.07, 6.45) is -2.90. The molecule has 0 aliphatic carbocycles. The second-order valence-corrected chi connectivity index (χ2v) is 2.80.